The summed E-state index contributed by atoms with van der Waals surface area (Å²) in [6.07, 6.45) is 0. The first-order chi connectivity index (χ1) is 13.3. The number of halogens is 1. The molecule has 0 aliphatic carbocycles. The van der Waals surface area contributed by atoms with Crippen molar-refractivity contribution in [2.45, 2.75) is 46.3 Å². The molecule has 0 spiro atoms. The summed E-state index contributed by atoms with van der Waals surface area (Å²) in [5.41, 5.74) is 1.65. The highest BCUT2D eigenvalue weighted by Gasteiger charge is 2.27. The van der Waals surface area contributed by atoms with E-state index in [0.29, 0.717) is 5.75 Å². The first-order valence-electron chi connectivity index (χ1n) is 9.30. The molecule has 5 nitrogen and oxygen atoms in total. The molecule has 2 rings (SSSR count). The molecule has 0 aliphatic heterocycles. The highest BCUT2D eigenvalue weighted by molar-refractivity contribution is 5.88. The molecule has 6 heteroatoms. The van der Waals surface area contributed by atoms with Gasteiger partial charge in [0.2, 0.25) is 5.91 Å². The summed E-state index contributed by atoms with van der Waals surface area (Å²) in [4.78, 5) is 26.8. The molecule has 0 aromatic heterocycles. The summed E-state index contributed by atoms with van der Waals surface area (Å²) in [5, 5.41) is 2.82. The number of hydrogen-bond donors (Lipinski definition) is 1. The summed E-state index contributed by atoms with van der Waals surface area (Å²) >= 11 is 0. The Morgan fingerprint density at radius 3 is 2.32 bits per heavy atom. The van der Waals surface area contributed by atoms with Crippen LogP contribution < -0.4 is 10.1 Å². The lowest BCUT2D eigenvalue weighted by Crippen LogP contribution is -2.50. The number of nitrogens with one attached hydrogen (secondary N) is 1. The third-order valence-electron chi connectivity index (χ3n) is 4.31. The van der Waals surface area contributed by atoms with Crippen molar-refractivity contribution in [2.24, 2.45) is 0 Å². The zero-order valence-corrected chi connectivity index (χ0v) is 16.7. The lowest BCUT2D eigenvalue weighted by atomic mass is 10.1. The largest absolute Gasteiger partial charge is 0.484 e. The summed E-state index contributed by atoms with van der Waals surface area (Å²) in [7, 11) is 0. The van der Waals surface area contributed by atoms with Crippen molar-refractivity contribution < 1.29 is 18.7 Å². The predicted octanol–water partition coefficient (Wildman–Crippen LogP) is 3.45. The number of para-hydroxylation sites is 1. The van der Waals surface area contributed by atoms with E-state index < -0.39 is 6.04 Å². The van der Waals surface area contributed by atoms with Crippen LogP contribution in [0.25, 0.3) is 0 Å². The minimum atomic E-state index is -0.694. The van der Waals surface area contributed by atoms with E-state index in [9.17, 15) is 14.0 Å². The second-order valence-electron chi connectivity index (χ2n) is 7.04. The number of amides is 2. The van der Waals surface area contributed by atoms with E-state index in [4.69, 9.17) is 4.74 Å². The molecule has 0 saturated heterocycles. The van der Waals surface area contributed by atoms with E-state index in [0.717, 1.165) is 11.1 Å². The molecule has 2 aromatic rings. The Labute approximate surface area is 165 Å². The predicted molar refractivity (Wildman–Crippen MR) is 106 cm³/mol. The van der Waals surface area contributed by atoms with Gasteiger partial charge in [-0.2, -0.15) is 0 Å². The molecule has 0 saturated carbocycles. The number of rotatable bonds is 8. The van der Waals surface area contributed by atoms with Crippen molar-refractivity contribution in [1.82, 2.24) is 10.2 Å². The smallest absolute Gasteiger partial charge is 0.261 e. The van der Waals surface area contributed by atoms with Gasteiger partial charge in [-0.25, -0.2) is 4.39 Å². The van der Waals surface area contributed by atoms with Gasteiger partial charge in [-0.05, 0) is 57.0 Å². The summed E-state index contributed by atoms with van der Waals surface area (Å²) in [6.45, 7) is 7.28. The molecule has 0 fully saturated rings. The number of ether oxygens (including phenoxy) is 1. The van der Waals surface area contributed by atoms with E-state index in [-0.39, 0.29) is 36.8 Å². The lowest BCUT2D eigenvalue weighted by molar-refractivity contribution is -0.142. The summed E-state index contributed by atoms with van der Waals surface area (Å²) < 4.78 is 18.9. The Bertz CT molecular complexity index is 806. The van der Waals surface area contributed by atoms with Gasteiger partial charge in [0.25, 0.3) is 5.91 Å². The van der Waals surface area contributed by atoms with E-state index >= 15 is 0 Å². The minimum absolute atomic E-state index is 0.0408. The Balaban J connectivity index is 2.15. The van der Waals surface area contributed by atoms with Crippen LogP contribution in [0.4, 0.5) is 4.39 Å². The number of aryl methyl sites for hydroxylation is 1. The standard InChI is InChI=1S/C22H27FN2O3/c1-15(2)24-22(27)17(4)25(13-18-9-11-19(23)12-10-18)21(26)14-28-20-8-6-5-7-16(20)3/h5-12,15,17H,13-14H2,1-4H3,(H,24,27)/t17-/m1/s1. The molecular weight excluding hydrogens is 359 g/mol. The van der Waals surface area contributed by atoms with E-state index in [1.165, 1.54) is 17.0 Å². The van der Waals surface area contributed by atoms with Gasteiger partial charge in [0.05, 0.1) is 0 Å². The summed E-state index contributed by atoms with van der Waals surface area (Å²) in [6, 6.07) is 12.6. The van der Waals surface area contributed by atoms with Gasteiger partial charge in [-0.1, -0.05) is 30.3 Å². The molecule has 0 aliphatic rings. The van der Waals surface area contributed by atoms with Crippen LogP contribution in [0.3, 0.4) is 0 Å². The molecule has 0 radical (unpaired) electrons. The van der Waals surface area contributed by atoms with Gasteiger partial charge in [0.15, 0.2) is 6.61 Å². The maximum atomic E-state index is 13.2. The fraction of sp³-hybridized carbons (Fsp3) is 0.364. The van der Waals surface area contributed by atoms with Crippen molar-refractivity contribution in [2.75, 3.05) is 6.61 Å². The van der Waals surface area contributed by atoms with E-state index in [2.05, 4.69) is 5.32 Å². The Morgan fingerprint density at radius 1 is 1.07 bits per heavy atom. The molecule has 0 heterocycles. The topological polar surface area (TPSA) is 58.6 Å². The molecular formula is C22H27FN2O3. The van der Waals surface area contributed by atoms with Crippen LogP contribution >= 0.6 is 0 Å². The zero-order valence-electron chi connectivity index (χ0n) is 16.7. The first kappa shape index (κ1) is 21.4. The molecule has 1 N–H and O–H groups in total. The third kappa shape index (κ3) is 6.08. The van der Waals surface area contributed by atoms with Crippen molar-refractivity contribution >= 4 is 11.8 Å². The number of benzene rings is 2. The average molecular weight is 386 g/mol. The zero-order chi connectivity index (χ0) is 20.7. The van der Waals surface area contributed by atoms with Crippen molar-refractivity contribution in [3.63, 3.8) is 0 Å². The van der Waals surface area contributed by atoms with Crippen LogP contribution in [0, 0.1) is 12.7 Å². The summed E-state index contributed by atoms with van der Waals surface area (Å²) in [5.74, 6) is -0.299. The molecule has 1 atom stereocenters. The van der Waals surface area contributed by atoms with Crippen LogP contribution in [-0.4, -0.2) is 35.4 Å². The number of carbonyl (C=O) groups excluding carboxylic acids is 2. The van der Waals surface area contributed by atoms with Crippen molar-refractivity contribution in [1.29, 1.82) is 0 Å². The number of carbonyl (C=O) groups is 2. The van der Waals surface area contributed by atoms with E-state index in [1.54, 1.807) is 25.1 Å². The van der Waals surface area contributed by atoms with Gasteiger partial charge in [-0.3, -0.25) is 9.59 Å². The monoisotopic (exact) mass is 386 g/mol. The molecule has 28 heavy (non-hydrogen) atoms. The SMILES string of the molecule is Cc1ccccc1OCC(=O)N(Cc1ccc(F)cc1)[C@H](C)C(=O)NC(C)C. The normalized spacial score (nSPS) is 11.8. The fourth-order valence-corrected chi connectivity index (χ4v) is 2.72. The van der Waals surface area contributed by atoms with E-state index in [1.807, 2.05) is 39.0 Å². The van der Waals surface area contributed by atoms with Crippen LogP contribution in [-0.2, 0) is 16.1 Å². The van der Waals surface area contributed by atoms with Crippen molar-refractivity contribution in [3.05, 3.63) is 65.5 Å². The third-order valence-corrected chi connectivity index (χ3v) is 4.31. The van der Waals surface area contributed by atoms with Gasteiger partial charge in [0.1, 0.15) is 17.6 Å². The number of hydrogen-bond acceptors (Lipinski definition) is 3. The fourth-order valence-electron chi connectivity index (χ4n) is 2.72. The van der Waals surface area contributed by atoms with Crippen LogP contribution in [0.1, 0.15) is 31.9 Å². The average Bonchev–Trinajstić information content (AvgIpc) is 2.65. The Morgan fingerprint density at radius 2 is 1.71 bits per heavy atom. The van der Waals surface area contributed by atoms with Gasteiger partial charge in [0, 0.05) is 12.6 Å². The Hall–Kier alpha value is -2.89. The highest BCUT2D eigenvalue weighted by atomic mass is 19.1. The Kier molecular flexibility index (Phi) is 7.55. The number of nitrogens with zero attached hydrogens (tertiary/aromatic N) is 1. The molecule has 2 amide bonds. The first-order valence-corrected chi connectivity index (χ1v) is 9.30. The lowest BCUT2D eigenvalue weighted by Gasteiger charge is -2.29. The van der Waals surface area contributed by atoms with Crippen molar-refractivity contribution in [3.8, 4) is 5.75 Å². The molecule has 0 bridgehead atoms. The minimum Gasteiger partial charge on any atom is -0.484 e. The molecule has 150 valence electrons. The van der Waals surface area contributed by atoms with Crippen LogP contribution in [0.5, 0.6) is 5.75 Å². The highest BCUT2D eigenvalue weighted by Crippen LogP contribution is 2.17. The second-order valence-corrected chi connectivity index (χ2v) is 7.04. The maximum Gasteiger partial charge on any atom is 0.261 e. The molecule has 2 aromatic carbocycles. The van der Waals surface area contributed by atoms with Gasteiger partial charge < -0.3 is 15.0 Å². The van der Waals surface area contributed by atoms with Crippen LogP contribution in [0.15, 0.2) is 48.5 Å². The molecule has 0 unspecified atom stereocenters. The van der Waals surface area contributed by atoms with Crippen LogP contribution in [0.2, 0.25) is 0 Å². The quantitative estimate of drug-likeness (QED) is 0.756. The van der Waals surface area contributed by atoms with Gasteiger partial charge in [-0.15, -0.1) is 0 Å². The maximum absolute atomic E-state index is 13.2. The second kappa shape index (κ2) is 9.88. The van der Waals surface area contributed by atoms with Gasteiger partial charge >= 0.3 is 0 Å².